The molecule has 0 aliphatic heterocycles. The van der Waals surface area contributed by atoms with Crippen molar-refractivity contribution < 1.29 is 25.8 Å². The third kappa shape index (κ3) is 9.22. The minimum absolute atomic E-state index is 0. The summed E-state index contributed by atoms with van der Waals surface area (Å²) in [5.74, 6) is 0. The summed E-state index contributed by atoms with van der Waals surface area (Å²) < 4.78 is 0. The number of fused-ring (bicyclic) bond motifs is 2. The summed E-state index contributed by atoms with van der Waals surface area (Å²) in [5, 5.41) is 16.2. The van der Waals surface area contributed by atoms with Gasteiger partial charge in [0, 0.05) is 0 Å². The van der Waals surface area contributed by atoms with Gasteiger partial charge in [-0.15, -0.1) is 68.3 Å². The molecule has 6 heteroatoms. The normalized spacial score (nSPS) is 12.6. The van der Waals surface area contributed by atoms with Gasteiger partial charge in [-0.25, -0.2) is 0 Å². The molecule has 0 nitrogen and oxygen atoms in total. The Bertz CT molecular complexity index is 2270. The molecule has 0 aliphatic carbocycles. The van der Waals surface area contributed by atoms with E-state index in [-0.39, 0.29) is 40.7 Å². The van der Waals surface area contributed by atoms with E-state index in [0.717, 1.165) is 0 Å². The maximum absolute atomic E-state index is 2.59. The van der Waals surface area contributed by atoms with E-state index < -0.39 is 40.4 Å². The number of hydrogen-bond donors (Lipinski definition) is 0. The maximum atomic E-state index is 2.59. The van der Waals surface area contributed by atoms with Gasteiger partial charge in [0.25, 0.3) is 0 Å². The Balaban J connectivity index is 0.00000240. The fourth-order valence-electron chi connectivity index (χ4n) is 8.12. The van der Waals surface area contributed by atoms with Gasteiger partial charge < -0.3 is 14.9 Å². The monoisotopic (exact) mass is 998 g/mol. The van der Waals surface area contributed by atoms with Gasteiger partial charge in [-0.05, 0) is 11.1 Å². The second kappa shape index (κ2) is 16.7. The topological polar surface area (TPSA) is 0 Å². The average Bonchev–Trinajstić information content (AvgIpc) is 3.75. The fraction of sp³-hybridized carbons (Fsp3) is 0.255. The minimum Gasteiger partial charge on any atom is -0.358 e. The van der Waals surface area contributed by atoms with Crippen LogP contribution in [0, 0.1) is 14.9 Å². The Morgan fingerprint density at radius 2 is 0.684 bits per heavy atom. The summed E-state index contributed by atoms with van der Waals surface area (Å²) in [6.07, 6.45) is 0. The number of rotatable bonds is 9. The van der Waals surface area contributed by atoms with Crippen molar-refractivity contribution >= 4 is 98.2 Å². The van der Waals surface area contributed by atoms with E-state index in [0.29, 0.717) is 0 Å². The number of hydrogen-bond acceptors (Lipinski definition) is 0. The van der Waals surface area contributed by atoms with Crippen LogP contribution in [0.1, 0.15) is 0 Å². The third-order valence-corrected chi connectivity index (χ3v) is 24.4. The molecule has 57 heavy (non-hydrogen) atoms. The van der Waals surface area contributed by atoms with Crippen LogP contribution >= 0.6 is 0 Å². The predicted molar refractivity (Wildman–Crippen MR) is 272 cm³/mol. The zero-order valence-corrected chi connectivity index (χ0v) is 46.2. The standard InChI is InChI=1S/C49H60Si5.2CH3.Hf/c1-50(2,3)40-27-37(28-41(31-40)51(4,5)6)46-23-17-19-35-25-44(33-48(35)46)54(13,39-21-15-14-16-22-39)45-26-36-20-18-24-47(49(36)34-45)38-29-42(52(7,8)9)32-43(30-38)53(10,11)12;;;/h14-34H,1-13H3;2*1H3;/q-2;2*-1;+4. The molecule has 0 atom stereocenters. The van der Waals surface area contributed by atoms with Crippen LogP contribution in [0.3, 0.4) is 0 Å². The van der Waals surface area contributed by atoms with Crippen LogP contribution in [0.15, 0.2) is 127 Å². The summed E-state index contributed by atoms with van der Waals surface area (Å²) in [6, 6.07) is 50.9. The number of benzene rings is 5. The van der Waals surface area contributed by atoms with Crippen molar-refractivity contribution in [2.75, 3.05) is 0 Å². The molecule has 0 spiro atoms. The molecule has 0 radical (unpaired) electrons. The average molecular weight is 998 g/mol. The first-order chi connectivity index (χ1) is 25.1. The minimum atomic E-state index is -2.43. The van der Waals surface area contributed by atoms with E-state index in [9.17, 15) is 0 Å². The molecule has 0 unspecified atom stereocenters. The van der Waals surface area contributed by atoms with Crippen LogP contribution < -0.4 is 36.3 Å². The van der Waals surface area contributed by atoms with Crippen molar-refractivity contribution in [1.29, 1.82) is 0 Å². The van der Waals surface area contributed by atoms with Gasteiger partial charge in [0.1, 0.15) is 8.07 Å². The smallest absolute Gasteiger partial charge is 0.358 e. The summed E-state index contributed by atoms with van der Waals surface area (Å²) in [7, 11) is -8.53. The molecule has 0 saturated carbocycles. The molecule has 0 aromatic heterocycles. The van der Waals surface area contributed by atoms with Gasteiger partial charge in [0.15, 0.2) is 0 Å². The van der Waals surface area contributed by atoms with Crippen molar-refractivity contribution in [2.24, 2.45) is 0 Å². The van der Waals surface area contributed by atoms with Crippen LogP contribution in [-0.2, 0) is 25.8 Å². The van der Waals surface area contributed by atoms with Gasteiger partial charge in [0.05, 0.1) is 32.3 Å². The van der Waals surface area contributed by atoms with Crippen LogP contribution in [0.4, 0.5) is 0 Å². The fourth-order valence-corrected chi connectivity index (χ4v) is 16.7. The summed E-state index contributed by atoms with van der Waals surface area (Å²) in [4.78, 5) is 0. The molecule has 0 heterocycles. The first kappa shape index (κ1) is 47.0. The van der Waals surface area contributed by atoms with Crippen molar-refractivity contribution in [1.82, 2.24) is 0 Å². The quantitative estimate of drug-likeness (QED) is 0.0999. The largest absolute Gasteiger partial charge is 4.00 e. The maximum Gasteiger partial charge on any atom is 4.00 e. The van der Waals surface area contributed by atoms with E-state index >= 15 is 0 Å². The van der Waals surface area contributed by atoms with E-state index in [1.807, 2.05) is 0 Å². The SMILES string of the molecule is C[Si](C)(C)c1cc(-c2cccc3[cH-]c([Si](C)(c4ccccc4)c4cc5c(-c6cc([Si](C)(C)C)cc([Si](C)(C)C)c6)cccc5[cH-]4)cc23)cc([Si](C)(C)C)c1.[CH3-].[CH3-].[Hf+4]. The van der Waals surface area contributed by atoms with Gasteiger partial charge in [0.2, 0.25) is 0 Å². The Kier molecular flexibility index (Phi) is 13.8. The zero-order valence-electron chi connectivity index (χ0n) is 37.6. The zero-order chi connectivity index (χ0) is 39.0. The first-order valence-electron chi connectivity index (χ1n) is 19.9. The van der Waals surface area contributed by atoms with Crippen molar-refractivity contribution in [3.05, 3.63) is 142 Å². The van der Waals surface area contributed by atoms with Crippen LogP contribution in [-0.4, -0.2) is 40.4 Å². The Hall–Kier alpha value is -2.73. The third-order valence-electron chi connectivity index (χ3n) is 12.0. The van der Waals surface area contributed by atoms with Crippen LogP contribution in [0.25, 0.3) is 43.8 Å². The molecule has 0 fully saturated rings. The molecule has 294 valence electrons. The summed E-state index contributed by atoms with van der Waals surface area (Å²) in [5.41, 5.74) is 5.52. The molecule has 0 N–H and O–H groups in total. The Morgan fingerprint density at radius 3 is 1.00 bits per heavy atom. The van der Waals surface area contributed by atoms with Gasteiger partial charge in [-0.2, -0.15) is 12.1 Å². The molecule has 7 aromatic rings. The van der Waals surface area contributed by atoms with Crippen molar-refractivity contribution in [3.63, 3.8) is 0 Å². The van der Waals surface area contributed by atoms with E-state index in [1.165, 1.54) is 59.4 Å². The molecule has 7 rings (SSSR count). The van der Waals surface area contributed by atoms with Crippen molar-refractivity contribution in [3.8, 4) is 22.3 Å². The molecular weight excluding hydrogens is 931 g/mol. The van der Waals surface area contributed by atoms with E-state index in [1.54, 1.807) is 20.7 Å². The second-order valence-electron chi connectivity index (χ2n) is 20.2. The Labute approximate surface area is 370 Å². The molecule has 0 amide bonds. The van der Waals surface area contributed by atoms with Gasteiger partial charge in [-0.3, -0.25) is 0 Å². The molecule has 7 aromatic carbocycles. The Morgan fingerprint density at radius 1 is 0.351 bits per heavy atom. The van der Waals surface area contributed by atoms with Crippen LogP contribution in [0.2, 0.25) is 85.1 Å². The molecular formula is C51H66HfSi5. The predicted octanol–water partition coefficient (Wildman–Crippen LogP) is 10.9. The van der Waals surface area contributed by atoms with Crippen LogP contribution in [0.5, 0.6) is 0 Å². The van der Waals surface area contributed by atoms with E-state index in [2.05, 4.69) is 213 Å². The summed E-state index contributed by atoms with van der Waals surface area (Å²) >= 11 is 0. The molecule has 0 bridgehead atoms. The first-order valence-corrected chi connectivity index (χ1v) is 36.4. The van der Waals surface area contributed by atoms with Gasteiger partial charge in [-0.1, -0.05) is 201 Å². The molecule has 0 saturated heterocycles. The van der Waals surface area contributed by atoms with E-state index in [4.69, 9.17) is 0 Å². The van der Waals surface area contributed by atoms with Crippen molar-refractivity contribution in [2.45, 2.75) is 85.1 Å². The molecule has 0 aliphatic rings. The second-order valence-corrected chi connectivity index (χ2v) is 44.5. The van der Waals surface area contributed by atoms with Gasteiger partial charge >= 0.3 is 25.8 Å². The summed E-state index contributed by atoms with van der Waals surface area (Å²) in [6.45, 7) is 32.4.